The van der Waals surface area contributed by atoms with E-state index in [0.717, 1.165) is 21.9 Å². The molecular formula is C24H18F2N2O3S. The first-order chi connectivity index (χ1) is 15.5. The summed E-state index contributed by atoms with van der Waals surface area (Å²) in [6.07, 6.45) is 0. The first-order valence-corrected chi connectivity index (χ1v) is 10.5. The van der Waals surface area contributed by atoms with Gasteiger partial charge in [0.1, 0.15) is 18.2 Å². The number of ether oxygens (including phenoxy) is 1. The first-order valence-electron chi connectivity index (χ1n) is 9.67. The quantitative estimate of drug-likeness (QED) is 0.359. The summed E-state index contributed by atoms with van der Waals surface area (Å²) in [6, 6.07) is 20.2. The van der Waals surface area contributed by atoms with Gasteiger partial charge in [-0.05, 0) is 43.3 Å². The van der Waals surface area contributed by atoms with Crippen LogP contribution in [-0.2, 0) is 6.61 Å². The number of aryl methyl sites for hydroxylation is 1. The van der Waals surface area contributed by atoms with E-state index in [9.17, 15) is 13.6 Å². The highest BCUT2D eigenvalue weighted by molar-refractivity contribution is 7.99. The van der Waals surface area contributed by atoms with E-state index >= 15 is 0 Å². The topological polar surface area (TPSA) is 64.4 Å². The maximum absolute atomic E-state index is 13.9. The molecule has 162 valence electrons. The van der Waals surface area contributed by atoms with Crippen molar-refractivity contribution < 1.29 is 22.8 Å². The van der Waals surface area contributed by atoms with Crippen molar-refractivity contribution in [1.29, 1.82) is 0 Å². The summed E-state index contributed by atoms with van der Waals surface area (Å²) in [5.41, 5.74) is 1.02. The van der Waals surface area contributed by atoms with Gasteiger partial charge in [0, 0.05) is 15.9 Å². The number of carbonyl (C=O) groups is 1. The van der Waals surface area contributed by atoms with Crippen LogP contribution in [0.5, 0.6) is 5.75 Å². The molecule has 0 radical (unpaired) electrons. The standard InChI is InChI=1S/C24H18F2N2O3S/c1-15-18(14-30-21-12-11-16(25)13-19(21)26)23(28-31-15)24(29)27-20-9-5-6-10-22(20)32-17-7-3-2-4-8-17/h2-13H,14H2,1H3,(H,27,29). The zero-order chi connectivity index (χ0) is 22.5. The Kier molecular flexibility index (Phi) is 6.51. The van der Waals surface area contributed by atoms with Gasteiger partial charge < -0.3 is 14.6 Å². The minimum atomic E-state index is -0.836. The number of hydrogen-bond donors (Lipinski definition) is 1. The highest BCUT2D eigenvalue weighted by Crippen LogP contribution is 2.33. The number of benzene rings is 3. The Morgan fingerprint density at radius 1 is 1.06 bits per heavy atom. The average Bonchev–Trinajstić information content (AvgIpc) is 3.16. The molecular weight excluding hydrogens is 434 g/mol. The second-order valence-corrected chi connectivity index (χ2v) is 7.91. The van der Waals surface area contributed by atoms with Crippen molar-refractivity contribution in [1.82, 2.24) is 5.16 Å². The zero-order valence-corrected chi connectivity index (χ0v) is 17.8. The molecule has 0 spiro atoms. The number of carbonyl (C=O) groups excluding carboxylic acids is 1. The molecule has 0 unspecified atom stereocenters. The first kappa shape index (κ1) is 21.6. The van der Waals surface area contributed by atoms with Crippen LogP contribution in [0.2, 0.25) is 0 Å². The molecule has 4 aromatic rings. The fourth-order valence-corrected chi connectivity index (χ4v) is 3.86. The minimum Gasteiger partial charge on any atom is -0.486 e. The van der Waals surface area contributed by atoms with Gasteiger partial charge in [0.05, 0.1) is 11.3 Å². The molecule has 0 aliphatic carbocycles. The van der Waals surface area contributed by atoms with Crippen LogP contribution in [0.1, 0.15) is 21.8 Å². The summed E-state index contributed by atoms with van der Waals surface area (Å²) in [5.74, 6) is -1.80. The van der Waals surface area contributed by atoms with Crippen molar-refractivity contribution in [3.05, 3.63) is 101 Å². The number of para-hydroxylation sites is 1. The molecule has 0 aliphatic heterocycles. The van der Waals surface area contributed by atoms with E-state index in [-0.39, 0.29) is 18.1 Å². The van der Waals surface area contributed by atoms with Gasteiger partial charge >= 0.3 is 0 Å². The monoisotopic (exact) mass is 452 g/mol. The fourth-order valence-electron chi connectivity index (χ4n) is 2.94. The third kappa shape index (κ3) is 4.97. The van der Waals surface area contributed by atoms with Gasteiger partial charge in [-0.15, -0.1) is 0 Å². The second-order valence-electron chi connectivity index (χ2n) is 6.79. The molecule has 0 aliphatic rings. The minimum absolute atomic E-state index is 0.0320. The number of anilines is 1. The van der Waals surface area contributed by atoms with E-state index in [1.807, 2.05) is 48.5 Å². The fraction of sp³-hybridized carbons (Fsp3) is 0.0833. The van der Waals surface area contributed by atoms with Crippen molar-refractivity contribution in [2.75, 3.05) is 5.32 Å². The third-order valence-electron chi connectivity index (χ3n) is 4.57. The summed E-state index contributed by atoms with van der Waals surface area (Å²) >= 11 is 1.52. The van der Waals surface area contributed by atoms with Crippen LogP contribution in [0.15, 0.2) is 87.1 Å². The van der Waals surface area contributed by atoms with E-state index in [0.29, 0.717) is 17.0 Å². The smallest absolute Gasteiger partial charge is 0.278 e. The number of amides is 1. The number of nitrogens with one attached hydrogen (secondary N) is 1. The molecule has 1 aromatic heterocycles. The lowest BCUT2D eigenvalue weighted by Crippen LogP contribution is -2.16. The summed E-state index contributed by atoms with van der Waals surface area (Å²) in [5, 5.41) is 6.70. The molecule has 1 N–H and O–H groups in total. The van der Waals surface area contributed by atoms with Crippen molar-refractivity contribution in [2.45, 2.75) is 23.3 Å². The molecule has 4 rings (SSSR count). The molecule has 0 bridgehead atoms. The van der Waals surface area contributed by atoms with E-state index in [1.165, 1.54) is 17.8 Å². The number of rotatable bonds is 7. The highest BCUT2D eigenvalue weighted by Gasteiger charge is 2.22. The van der Waals surface area contributed by atoms with Crippen LogP contribution in [0.25, 0.3) is 0 Å². The molecule has 8 heteroatoms. The van der Waals surface area contributed by atoms with Gasteiger partial charge in [-0.2, -0.15) is 0 Å². The third-order valence-corrected chi connectivity index (χ3v) is 5.66. The molecule has 3 aromatic carbocycles. The SMILES string of the molecule is Cc1onc(C(=O)Nc2ccccc2Sc2ccccc2)c1COc1ccc(F)cc1F. The van der Waals surface area contributed by atoms with Crippen molar-refractivity contribution in [3.8, 4) is 5.75 Å². The summed E-state index contributed by atoms with van der Waals surface area (Å²) in [4.78, 5) is 14.8. The van der Waals surface area contributed by atoms with Crippen LogP contribution in [0.3, 0.4) is 0 Å². The number of nitrogens with zero attached hydrogens (tertiary/aromatic N) is 1. The summed E-state index contributed by atoms with van der Waals surface area (Å²) in [6.45, 7) is 1.46. The molecule has 1 heterocycles. The molecule has 0 saturated heterocycles. The molecule has 0 atom stereocenters. The van der Waals surface area contributed by atoms with E-state index in [1.54, 1.807) is 13.0 Å². The van der Waals surface area contributed by atoms with Crippen LogP contribution >= 0.6 is 11.8 Å². The Morgan fingerprint density at radius 2 is 1.81 bits per heavy atom. The van der Waals surface area contributed by atoms with Gasteiger partial charge in [0.25, 0.3) is 5.91 Å². The summed E-state index contributed by atoms with van der Waals surface area (Å²) < 4.78 is 37.6. The van der Waals surface area contributed by atoms with Gasteiger partial charge in [-0.1, -0.05) is 47.3 Å². The number of aromatic nitrogens is 1. The Bertz CT molecular complexity index is 1250. The number of hydrogen-bond acceptors (Lipinski definition) is 5. The predicted molar refractivity (Wildman–Crippen MR) is 117 cm³/mol. The van der Waals surface area contributed by atoms with Gasteiger partial charge in [-0.3, -0.25) is 4.79 Å². The van der Waals surface area contributed by atoms with E-state index < -0.39 is 17.5 Å². The van der Waals surface area contributed by atoms with Crippen LogP contribution < -0.4 is 10.1 Å². The van der Waals surface area contributed by atoms with Gasteiger partial charge in [-0.25, -0.2) is 8.78 Å². The largest absolute Gasteiger partial charge is 0.486 e. The summed E-state index contributed by atoms with van der Waals surface area (Å²) in [7, 11) is 0. The van der Waals surface area contributed by atoms with Crippen molar-refractivity contribution in [3.63, 3.8) is 0 Å². The lowest BCUT2D eigenvalue weighted by atomic mass is 10.2. The Hall–Kier alpha value is -3.65. The molecule has 0 fully saturated rings. The lowest BCUT2D eigenvalue weighted by Gasteiger charge is -2.11. The Balaban J connectivity index is 1.51. The Labute approximate surface area is 187 Å². The normalized spacial score (nSPS) is 10.7. The van der Waals surface area contributed by atoms with E-state index in [2.05, 4.69) is 10.5 Å². The molecule has 0 saturated carbocycles. The maximum Gasteiger partial charge on any atom is 0.278 e. The van der Waals surface area contributed by atoms with Crippen LogP contribution in [0, 0.1) is 18.6 Å². The highest BCUT2D eigenvalue weighted by atomic mass is 32.2. The Morgan fingerprint density at radius 3 is 2.59 bits per heavy atom. The predicted octanol–water partition coefficient (Wildman–Crippen LogP) is 6.24. The van der Waals surface area contributed by atoms with Gasteiger partial charge in [0.15, 0.2) is 17.3 Å². The van der Waals surface area contributed by atoms with Crippen molar-refractivity contribution >= 4 is 23.4 Å². The van der Waals surface area contributed by atoms with Gasteiger partial charge in [0.2, 0.25) is 0 Å². The maximum atomic E-state index is 13.9. The van der Waals surface area contributed by atoms with Crippen molar-refractivity contribution in [2.24, 2.45) is 0 Å². The molecule has 1 amide bonds. The van der Waals surface area contributed by atoms with E-state index in [4.69, 9.17) is 9.26 Å². The molecule has 5 nitrogen and oxygen atoms in total. The van der Waals surface area contributed by atoms with Crippen LogP contribution in [-0.4, -0.2) is 11.1 Å². The zero-order valence-electron chi connectivity index (χ0n) is 17.0. The lowest BCUT2D eigenvalue weighted by molar-refractivity contribution is 0.101. The average molecular weight is 452 g/mol. The molecule has 32 heavy (non-hydrogen) atoms. The number of halogens is 2. The van der Waals surface area contributed by atoms with Crippen LogP contribution in [0.4, 0.5) is 14.5 Å². The second kappa shape index (κ2) is 9.65.